The predicted octanol–water partition coefficient (Wildman–Crippen LogP) is 1.41. The number of hydrogen-bond donors (Lipinski definition) is 0. The lowest BCUT2D eigenvalue weighted by atomic mass is 10.1. The molecule has 0 unspecified atom stereocenters. The van der Waals surface area contributed by atoms with Crippen molar-refractivity contribution >= 4 is 11.8 Å². The molecule has 0 aromatic carbocycles. The number of carbonyl (C=O) groups is 2. The van der Waals surface area contributed by atoms with E-state index in [-0.39, 0.29) is 12.2 Å². The average Bonchev–Trinajstić information content (AvgIpc) is 2.36. The molecular weight excluding hydrogens is 251 g/mol. The maximum absolute atomic E-state index is 13.5. The van der Waals surface area contributed by atoms with Crippen molar-refractivity contribution in [2.45, 2.75) is 6.92 Å². The SMILES string of the molecule is CCOC(=O)/C(=C/N(C)C)C(=O)c1ncccc1F. The zero-order chi connectivity index (χ0) is 14.4. The van der Waals surface area contributed by atoms with E-state index in [1.807, 2.05) is 0 Å². The van der Waals surface area contributed by atoms with Crippen molar-refractivity contribution in [1.29, 1.82) is 0 Å². The van der Waals surface area contributed by atoms with Gasteiger partial charge in [0, 0.05) is 26.5 Å². The number of nitrogens with zero attached hydrogens (tertiary/aromatic N) is 2. The molecule has 1 heterocycles. The summed E-state index contributed by atoms with van der Waals surface area (Å²) in [7, 11) is 3.28. The molecule has 0 atom stereocenters. The van der Waals surface area contributed by atoms with Gasteiger partial charge in [0.15, 0.2) is 5.82 Å². The number of aromatic nitrogens is 1. The number of ether oxygens (including phenoxy) is 1. The summed E-state index contributed by atoms with van der Waals surface area (Å²) in [6.07, 6.45) is 2.57. The quantitative estimate of drug-likeness (QED) is 0.265. The molecule has 0 saturated carbocycles. The number of halogens is 1. The number of rotatable bonds is 5. The third-order valence-electron chi connectivity index (χ3n) is 2.10. The summed E-state index contributed by atoms with van der Waals surface area (Å²) in [5.41, 5.74) is -0.659. The van der Waals surface area contributed by atoms with E-state index in [0.717, 1.165) is 6.07 Å². The van der Waals surface area contributed by atoms with Crippen molar-refractivity contribution in [1.82, 2.24) is 9.88 Å². The van der Waals surface area contributed by atoms with Gasteiger partial charge >= 0.3 is 5.97 Å². The summed E-state index contributed by atoms with van der Waals surface area (Å²) in [4.78, 5) is 29.0. The van der Waals surface area contributed by atoms with Crippen LogP contribution in [0.5, 0.6) is 0 Å². The Morgan fingerprint density at radius 2 is 2.16 bits per heavy atom. The van der Waals surface area contributed by atoms with Crippen molar-refractivity contribution in [3.05, 3.63) is 41.6 Å². The van der Waals surface area contributed by atoms with Crippen LogP contribution in [0.25, 0.3) is 0 Å². The monoisotopic (exact) mass is 266 g/mol. The number of ketones is 1. The lowest BCUT2D eigenvalue weighted by Crippen LogP contribution is -2.21. The van der Waals surface area contributed by atoms with Gasteiger partial charge < -0.3 is 9.64 Å². The summed E-state index contributed by atoms with van der Waals surface area (Å²) < 4.78 is 18.3. The van der Waals surface area contributed by atoms with Gasteiger partial charge in [-0.25, -0.2) is 14.2 Å². The highest BCUT2D eigenvalue weighted by atomic mass is 19.1. The standard InChI is InChI=1S/C13H15FN2O3/c1-4-19-13(18)9(8-16(2)3)12(17)11-10(14)6-5-7-15-11/h5-8H,4H2,1-3H3/b9-8+. The van der Waals surface area contributed by atoms with E-state index in [1.165, 1.54) is 23.4 Å². The fourth-order valence-electron chi connectivity index (χ4n) is 1.35. The van der Waals surface area contributed by atoms with Crippen molar-refractivity contribution in [3.63, 3.8) is 0 Å². The molecule has 0 bridgehead atoms. The van der Waals surface area contributed by atoms with Crippen LogP contribution in [0.2, 0.25) is 0 Å². The zero-order valence-electron chi connectivity index (χ0n) is 11.0. The Hall–Kier alpha value is -2.24. The topological polar surface area (TPSA) is 59.5 Å². The van der Waals surface area contributed by atoms with E-state index in [0.29, 0.717) is 0 Å². The lowest BCUT2D eigenvalue weighted by Gasteiger charge is -2.10. The van der Waals surface area contributed by atoms with E-state index < -0.39 is 23.3 Å². The minimum absolute atomic E-state index is 0.127. The van der Waals surface area contributed by atoms with Crippen LogP contribution < -0.4 is 0 Å². The van der Waals surface area contributed by atoms with Crippen LogP contribution in [-0.2, 0) is 9.53 Å². The maximum Gasteiger partial charge on any atom is 0.343 e. The van der Waals surface area contributed by atoms with Gasteiger partial charge in [0.05, 0.1) is 6.61 Å². The van der Waals surface area contributed by atoms with Crippen molar-refractivity contribution in [3.8, 4) is 0 Å². The predicted molar refractivity (Wildman–Crippen MR) is 66.9 cm³/mol. The number of hydrogen-bond acceptors (Lipinski definition) is 5. The lowest BCUT2D eigenvalue weighted by molar-refractivity contribution is -0.138. The van der Waals surface area contributed by atoms with Crippen LogP contribution in [0.3, 0.4) is 0 Å². The smallest absolute Gasteiger partial charge is 0.343 e. The summed E-state index contributed by atoms with van der Waals surface area (Å²) >= 11 is 0. The molecule has 0 aliphatic rings. The molecule has 0 aliphatic heterocycles. The van der Waals surface area contributed by atoms with Gasteiger partial charge in [-0.05, 0) is 19.1 Å². The molecule has 0 amide bonds. The fourth-order valence-corrected chi connectivity index (χ4v) is 1.35. The summed E-state index contributed by atoms with van der Waals surface area (Å²) in [5, 5.41) is 0. The van der Waals surface area contributed by atoms with Gasteiger partial charge in [-0.3, -0.25) is 4.79 Å². The third kappa shape index (κ3) is 3.87. The molecule has 5 nitrogen and oxygen atoms in total. The molecule has 1 aromatic heterocycles. The summed E-state index contributed by atoms with van der Waals surface area (Å²) in [5.74, 6) is -2.38. The highest BCUT2D eigenvalue weighted by molar-refractivity contribution is 6.23. The molecule has 0 spiro atoms. The normalized spacial score (nSPS) is 11.1. The molecular formula is C13H15FN2O3. The Labute approximate surface area is 110 Å². The first-order valence-corrected chi connectivity index (χ1v) is 5.68. The van der Waals surface area contributed by atoms with Gasteiger partial charge in [-0.15, -0.1) is 0 Å². The average molecular weight is 266 g/mol. The van der Waals surface area contributed by atoms with Gasteiger partial charge in [-0.1, -0.05) is 0 Å². The molecule has 1 aromatic rings. The van der Waals surface area contributed by atoms with Crippen LogP contribution in [0.4, 0.5) is 4.39 Å². The molecule has 6 heteroatoms. The van der Waals surface area contributed by atoms with E-state index >= 15 is 0 Å². The first-order valence-electron chi connectivity index (χ1n) is 5.68. The molecule has 1 rings (SSSR count). The second kappa shape index (κ2) is 6.63. The van der Waals surface area contributed by atoms with Crippen molar-refractivity contribution in [2.75, 3.05) is 20.7 Å². The second-order valence-electron chi connectivity index (χ2n) is 3.89. The number of pyridine rings is 1. The molecule has 0 N–H and O–H groups in total. The van der Waals surface area contributed by atoms with Crippen LogP contribution in [0.15, 0.2) is 30.1 Å². The molecule has 0 aliphatic carbocycles. The van der Waals surface area contributed by atoms with Crippen LogP contribution in [0.1, 0.15) is 17.4 Å². The number of esters is 1. The van der Waals surface area contributed by atoms with E-state index in [9.17, 15) is 14.0 Å². The molecule has 102 valence electrons. The Kier molecular flexibility index (Phi) is 5.17. The highest BCUT2D eigenvalue weighted by Gasteiger charge is 2.25. The zero-order valence-corrected chi connectivity index (χ0v) is 11.0. The van der Waals surface area contributed by atoms with Crippen LogP contribution >= 0.6 is 0 Å². The molecule has 0 saturated heterocycles. The first kappa shape index (κ1) is 14.8. The van der Waals surface area contributed by atoms with Gasteiger partial charge in [0.25, 0.3) is 0 Å². The fraction of sp³-hybridized carbons (Fsp3) is 0.308. The van der Waals surface area contributed by atoms with Crippen molar-refractivity contribution in [2.24, 2.45) is 0 Å². The second-order valence-corrected chi connectivity index (χ2v) is 3.89. The maximum atomic E-state index is 13.5. The molecule has 0 fully saturated rings. The van der Waals surface area contributed by atoms with Gasteiger partial charge in [-0.2, -0.15) is 0 Å². The third-order valence-corrected chi connectivity index (χ3v) is 2.10. The Balaban J connectivity index is 3.16. The van der Waals surface area contributed by atoms with Gasteiger partial charge in [0.1, 0.15) is 11.3 Å². The minimum atomic E-state index is -0.801. The largest absolute Gasteiger partial charge is 0.462 e. The van der Waals surface area contributed by atoms with Crippen LogP contribution in [-0.4, -0.2) is 42.3 Å². The first-order chi connectivity index (χ1) is 8.97. The van der Waals surface area contributed by atoms with E-state index in [4.69, 9.17) is 4.74 Å². The Bertz CT molecular complexity index is 512. The van der Waals surface area contributed by atoms with Gasteiger partial charge in [0.2, 0.25) is 5.78 Å². The Morgan fingerprint density at radius 3 is 2.68 bits per heavy atom. The minimum Gasteiger partial charge on any atom is -0.462 e. The number of Topliss-reactive ketones (excluding diaryl/α,β-unsaturated/α-hetero) is 1. The van der Waals surface area contributed by atoms with Crippen molar-refractivity contribution < 1.29 is 18.7 Å². The van der Waals surface area contributed by atoms with Crippen LogP contribution in [0, 0.1) is 5.82 Å². The van der Waals surface area contributed by atoms with E-state index in [1.54, 1.807) is 21.0 Å². The van der Waals surface area contributed by atoms with E-state index in [2.05, 4.69) is 4.98 Å². The summed E-state index contributed by atoms with van der Waals surface area (Å²) in [6.45, 7) is 1.75. The Morgan fingerprint density at radius 1 is 1.47 bits per heavy atom. The molecule has 0 radical (unpaired) electrons. The summed E-state index contributed by atoms with van der Waals surface area (Å²) in [6, 6.07) is 2.48. The number of carbonyl (C=O) groups excluding carboxylic acids is 2. The highest BCUT2D eigenvalue weighted by Crippen LogP contribution is 2.12. The molecule has 19 heavy (non-hydrogen) atoms.